The van der Waals surface area contributed by atoms with E-state index in [0.717, 1.165) is 12.0 Å². The van der Waals surface area contributed by atoms with Gasteiger partial charge in [-0.25, -0.2) is 5.43 Å². The van der Waals surface area contributed by atoms with E-state index in [4.69, 9.17) is 11.6 Å². The number of hydrogen-bond acceptors (Lipinski definition) is 2. The van der Waals surface area contributed by atoms with E-state index in [-0.39, 0.29) is 11.8 Å². The van der Waals surface area contributed by atoms with Crippen molar-refractivity contribution in [3.05, 3.63) is 70.7 Å². The number of halogens is 1. The van der Waals surface area contributed by atoms with Crippen LogP contribution in [0.25, 0.3) is 0 Å². The van der Waals surface area contributed by atoms with Gasteiger partial charge in [0.25, 0.3) is 0 Å². The molecule has 0 saturated heterocycles. The summed E-state index contributed by atoms with van der Waals surface area (Å²) >= 11 is 6.12. The molecule has 1 saturated carbocycles. The highest BCUT2D eigenvalue weighted by Crippen LogP contribution is 2.47. The van der Waals surface area contributed by atoms with E-state index in [1.54, 1.807) is 0 Å². The Kier molecular flexibility index (Phi) is 4.25. The number of nitrogens with zero attached hydrogens (tertiary/aromatic N) is 1. The van der Waals surface area contributed by atoms with Crippen molar-refractivity contribution < 1.29 is 4.79 Å². The van der Waals surface area contributed by atoms with Gasteiger partial charge in [0.1, 0.15) is 0 Å². The van der Waals surface area contributed by atoms with E-state index >= 15 is 0 Å². The lowest BCUT2D eigenvalue weighted by molar-refractivity contribution is -0.122. The topological polar surface area (TPSA) is 41.5 Å². The van der Waals surface area contributed by atoms with Crippen LogP contribution in [-0.4, -0.2) is 11.6 Å². The van der Waals surface area contributed by atoms with Crippen molar-refractivity contribution in [2.24, 2.45) is 11.0 Å². The molecule has 1 amide bonds. The summed E-state index contributed by atoms with van der Waals surface area (Å²) in [6.07, 6.45) is 0.885. The maximum Gasteiger partial charge on any atom is 0.243 e. The Bertz CT molecular complexity index is 712. The zero-order valence-electron chi connectivity index (χ0n) is 12.3. The molecule has 2 atom stereocenters. The third-order valence-corrected chi connectivity index (χ3v) is 4.28. The zero-order chi connectivity index (χ0) is 15.5. The zero-order valence-corrected chi connectivity index (χ0v) is 13.0. The Hall–Kier alpha value is -2.13. The highest BCUT2D eigenvalue weighted by atomic mass is 35.5. The second-order valence-electron chi connectivity index (χ2n) is 5.51. The van der Waals surface area contributed by atoms with Crippen LogP contribution in [0.3, 0.4) is 0 Å². The van der Waals surface area contributed by atoms with Crippen LogP contribution in [0.4, 0.5) is 0 Å². The molecule has 1 fully saturated rings. The minimum atomic E-state index is -0.0275. The molecule has 1 aliphatic carbocycles. The lowest BCUT2D eigenvalue weighted by Gasteiger charge is -2.04. The minimum Gasteiger partial charge on any atom is -0.273 e. The fraction of sp³-hybridized carbons (Fsp3) is 0.222. The largest absolute Gasteiger partial charge is 0.273 e. The minimum absolute atomic E-state index is 0.0187. The predicted octanol–water partition coefficient (Wildman–Crippen LogP) is 3.98. The van der Waals surface area contributed by atoms with Crippen molar-refractivity contribution in [2.75, 3.05) is 0 Å². The Labute approximate surface area is 135 Å². The van der Waals surface area contributed by atoms with Gasteiger partial charge in [0.05, 0.1) is 5.71 Å². The molecule has 0 unspecified atom stereocenters. The van der Waals surface area contributed by atoms with E-state index in [1.807, 2.05) is 49.4 Å². The van der Waals surface area contributed by atoms with Gasteiger partial charge in [-0.05, 0) is 30.9 Å². The number of benzene rings is 2. The third-order valence-electron chi connectivity index (χ3n) is 3.95. The van der Waals surface area contributed by atoms with Crippen LogP contribution in [0.2, 0.25) is 5.02 Å². The summed E-state index contributed by atoms with van der Waals surface area (Å²) in [7, 11) is 0. The molecule has 1 aliphatic rings. The number of hydrazone groups is 1. The van der Waals surface area contributed by atoms with Crippen LogP contribution in [0.1, 0.15) is 30.4 Å². The Balaban J connectivity index is 1.62. The van der Waals surface area contributed by atoms with E-state index in [1.165, 1.54) is 5.56 Å². The molecule has 22 heavy (non-hydrogen) atoms. The van der Waals surface area contributed by atoms with Gasteiger partial charge >= 0.3 is 0 Å². The number of carbonyl (C=O) groups is 1. The molecule has 3 nitrogen and oxygen atoms in total. The number of carbonyl (C=O) groups excluding carboxylic acids is 1. The molecule has 4 heteroatoms. The number of rotatable bonds is 4. The maximum absolute atomic E-state index is 12.2. The first-order chi connectivity index (χ1) is 10.7. The van der Waals surface area contributed by atoms with Crippen LogP contribution in [-0.2, 0) is 4.79 Å². The fourth-order valence-corrected chi connectivity index (χ4v) is 2.86. The molecule has 0 spiro atoms. The summed E-state index contributed by atoms with van der Waals surface area (Å²) < 4.78 is 0. The van der Waals surface area contributed by atoms with Crippen molar-refractivity contribution in [1.82, 2.24) is 5.43 Å². The van der Waals surface area contributed by atoms with Gasteiger partial charge in [-0.2, -0.15) is 5.10 Å². The lowest BCUT2D eigenvalue weighted by atomic mass is 10.1. The first-order valence-electron chi connectivity index (χ1n) is 7.31. The Morgan fingerprint density at radius 2 is 1.82 bits per heavy atom. The average Bonchev–Trinajstić information content (AvgIpc) is 3.34. The summed E-state index contributed by atoms with van der Waals surface area (Å²) in [6.45, 7) is 1.84. The molecule has 1 N–H and O–H groups in total. The van der Waals surface area contributed by atoms with Crippen molar-refractivity contribution in [2.45, 2.75) is 19.3 Å². The highest BCUT2D eigenvalue weighted by molar-refractivity contribution is 6.34. The van der Waals surface area contributed by atoms with Gasteiger partial charge in [0.15, 0.2) is 0 Å². The van der Waals surface area contributed by atoms with Crippen LogP contribution in [0.5, 0.6) is 0 Å². The number of amides is 1. The van der Waals surface area contributed by atoms with E-state index in [2.05, 4.69) is 22.7 Å². The van der Waals surface area contributed by atoms with Crippen molar-refractivity contribution in [1.29, 1.82) is 0 Å². The molecule has 0 aromatic heterocycles. The molecule has 0 heterocycles. The predicted molar refractivity (Wildman–Crippen MR) is 89.1 cm³/mol. The summed E-state index contributed by atoms with van der Waals surface area (Å²) in [5.41, 5.74) is 5.42. The van der Waals surface area contributed by atoms with Gasteiger partial charge in [-0.15, -0.1) is 0 Å². The monoisotopic (exact) mass is 312 g/mol. The van der Waals surface area contributed by atoms with Crippen molar-refractivity contribution >= 4 is 23.2 Å². The van der Waals surface area contributed by atoms with Gasteiger partial charge in [-0.1, -0.05) is 60.1 Å². The van der Waals surface area contributed by atoms with Crippen LogP contribution in [0, 0.1) is 5.92 Å². The van der Waals surface area contributed by atoms with Crippen molar-refractivity contribution in [3.63, 3.8) is 0 Å². The molecule has 3 rings (SSSR count). The summed E-state index contributed by atoms with van der Waals surface area (Å²) in [5, 5.41) is 4.81. The standard InChI is InChI=1S/C18H17ClN2O/c1-12(14-9-5-6-10-17(14)19)20-21-18(22)16-11-15(16)13-7-3-2-4-8-13/h2-10,15-16H,11H2,1H3,(H,21,22)/b20-12+/t15-,16+/m1/s1. The maximum atomic E-state index is 12.2. The molecular weight excluding hydrogens is 296 g/mol. The molecular formula is C18H17ClN2O. The molecule has 0 bridgehead atoms. The third kappa shape index (κ3) is 3.20. The van der Waals surface area contributed by atoms with Gasteiger partial charge in [0.2, 0.25) is 5.91 Å². The normalized spacial score (nSPS) is 20.5. The van der Waals surface area contributed by atoms with E-state index in [0.29, 0.717) is 16.7 Å². The summed E-state index contributed by atoms with van der Waals surface area (Å²) in [4.78, 5) is 12.2. The molecule has 2 aromatic carbocycles. The SMILES string of the molecule is C/C(=N\NC(=O)[C@H]1C[C@@H]1c1ccccc1)c1ccccc1Cl. The molecule has 2 aromatic rings. The second kappa shape index (κ2) is 6.32. The van der Waals surface area contributed by atoms with Crippen LogP contribution >= 0.6 is 11.6 Å². The van der Waals surface area contributed by atoms with Crippen LogP contribution < -0.4 is 5.43 Å². The first kappa shape index (κ1) is 14.8. The Morgan fingerprint density at radius 1 is 1.14 bits per heavy atom. The highest BCUT2D eigenvalue weighted by Gasteiger charge is 2.43. The first-order valence-corrected chi connectivity index (χ1v) is 7.68. The average molecular weight is 313 g/mol. The number of hydrogen-bond donors (Lipinski definition) is 1. The van der Waals surface area contributed by atoms with E-state index < -0.39 is 0 Å². The smallest absolute Gasteiger partial charge is 0.243 e. The van der Waals surface area contributed by atoms with Gasteiger partial charge in [0, 0.05) is 16.5 Å². The second-order valence-corrected chi connectivity index (χ2v) is 5.92. The number of nitrogens with one attached hydrogen (secondary N) is 1. The van der Waals surface area contributed by atoms with E-state index in [9.17, 15) is 4.79 Å². The van der Waals surface area contributed by atoms with Crippen molar-refractivity contribution in [3.8, 4) is 0 Å². The lowest BCUT2D eigenvalue weighted by Crippen LogP contribution is -2.21. The van der Waals surface area contributed by atoms with Gasteiger partial charge in [-0.3, -0.25) is 4.79 Å². The van der Waals surface area contributed by atoms with Crippen LogP contribution in [0.15, 0.2) is 59.7 Å². The molecule has 0 aliphatic heterocycles. The summed E-state index contributed by atoms with van der Waals surface area (Å²) in [6, 6.07) is 17.6. The Morgan fingerprint density at radius 3 is 2.55 bits per heavy atom. The van der Waals surface area contributed by atoms with Gasteiger partial charge < -0.3 is 0 Å². The fourth-order valence-electron chi connectivity index (χ4n) is 2.59. The molecule has 112 valence electrons. The molecule has 0 radical (unpaired) electrons. The summed E-state index contributed by atoms with van der Waals surface area (Å²) in [5.74, 6) is 0.308. The quantitative estimate of drug-likeness (QED) is 0.673.